The van der Waals surface area contributed by atoms with Crippen molar-refractivity contribution in [3.63, 3.8) is 0 Å². The molecule has 122 valence electrons. The van der Waals surface area contributed by atoms with Crippen molar-refractivity contribution in [1.82, 2.24) is 4.90 Å². The first-order valence-electron chi connectivity index (χ1n) is 8.38. The maximum Gasteiger partial charge on any atom is 0.244 e. The lowest BCUT2D eigenvalue weighted by Gasteiger charge is -2.29. The number of benzene rings is 1. The number of thiophene rings is 1. The highest BCUT2D eigenvalue weighted by atomic mass is 32.1. The van der Waals surface area contributed by atoms with Crippen molar-refractivity contribution in [2.24, 2.45) is 0 Å². The van der Waals surface area contributed by atoms with E-state index in [9.17, 15) is 4.79 Å². The van der Waals surface area contributed by atoms with E-state index in [1.807, 2.05) is 17.0 Å². The topological polar surface area (TPSA) is 47.3 Å². The minimum atomic E-state index is -0.0183. The van der Waals surface area contributed by atoms with Crippen molar-refractivity contribution in [1.29, 1.82) is 5.26 Å². The Hall–Kier alpha value is -2.16. The van der Waals surface area contributed by atoms with Gasteiger partial charge in [-0.3, -0.25) is 9.69 Å². The number of anilines is 1. The van der Waals surface area contributed by atoms with E-state index in [0.717, 1.165) is 38.0 Å². The molecular formula is C19H19N3OS. The number of nitriles is 1. The van der Waals surface area contributed by atoms with Gasteiger partial charge in [0.2, 0.25) is 5.91 Å². The molecule has 0 saturated carbocycles. The predicted octanol–water partition coefficient (Wildman–Crippen LogP) is 3.56. The van der Waals surface area contributed by atoms with E-state index in [1.165, 1.54) is 4.88 Å². The van der Waals surface area contributed by atoms with E-state index >= 15 is 0 Å². The van der Waals surface area contributed by atoms with Gasteiger partial charge in [-0.15, -0.1) is 11.3 Å². The molecule has 0 unspecified atom stereocenters. The molecule has 2 aliphatic heterocycles. The summed E-state index contributed by atoms with van der Waals surface area (Å²) in [6.07, 6.45) is 3.17. The first-order chi connectivity index (χ1) is 11.8. The molecule has 24 heavy (non-hydrogen) atoms. The monoisotopic (exact) mass is 337 g/mol. The van der Waals surface area contributed by atoms with Crippen molar-refractivity contribution in [2.75, 3.05) is 18.0 Å². The zero-order valence-electron chi connectivity index (χ0n) is 13.4. The van der Waals surface area contributed by atoms with Crippen LogP contribution in [0.15, 0.2) is 41.8 Å². The second kappa shape index (κ2) is 6.39. The van der Waals surface area contributed by atoms with Crippen molar-refractivity contribution >= 4 is 22.9 Å². The van der Waals surface area contributed by atoms with Crippen LogP contribution >= 0.6 is 11.3 Å². The molecule has 2 saturated heterocycles. The molecule has 0 spiro atoms. The van der Waals surface area contributed by atoms with Crippen LogP contribution in [0.4, 0.5) is 5.69 Å². The lowest BCUT2D eigenvalue weighted by molar-refractivity contribution is -0.122. The van der Waals surface area contributed by atoms with Gasteiger partial charge < -0.3 is 4.90 Å². The van der Waals surface area contributed by atoms with Gasteiger partial charge in [0.05, 0.1) is 17.7 Å². The molecule has 4 nitrogen and oxygen atoms in total. The van der Waals surface area contributed by atoms with Crippen LogP contribution in [0.3, 0.4) is 0 Å². The number of carbonyl (C=O) groups excluding carboxylic acids is 1. The van der Waals surface area contributed by atoms with Crippen molar-refractivity contribution in [3.05, 3.63) is 52.2 Å². The molecule has 0 aliphatic carbocycles. The third-order valence-corrected chi connectivity index (χ3v) is 6.02. The Balaban J connectivity index is 1.53. The average Bonchev–Trinajstić information content (AvgIpc) is 3.34. The third-order valence-electron chi connectivity index (χ3n) is 5.05. The van der Waals surface area contributed by atoms with Crippen molar-refractivity contribution in [2.45, 2.75) is 31.3 Å². The molecule has 0 N–H and O–H groups in total. The van der Waals surface area contributed by atoms with Gasteiger partial charge in [0.25, 0.3) is 0 Å². The SMILES string of the molecule is N#Cc1ccc(N2CC[C@@H](N3CCC[C@H]3c3cccs3)C2=O)cc1. The minimum absolute atomic E-state index is 0.0183. The van der Waals surface area contributed by atoms with Crippen LogP contribution in [0.25, 0.3) is 0 Å². The van der Waals surface area contributed by atoms with E-state index in [0.29, 0.717) is 11.6 Å². The van der Waals surface area contributed by atoms with Gasteiger partial charge in [-0.1, -0.05) is 6.07 Å². The molecule has 0 radical (unpaired) electrons. The van der Waals surface area contributed by atoms with Crippen LogP contribution < -0.4 is 4.90 Å². The van der Waals surface area contributed by atoms with E-state index in [1.54, 1.807) is 23.5 Å². The van der Waals surface area contributed by atoms with E-state index in [2.05, 4.69) is 28.5 Å². The summed E-state index contributed by atoms with van der Waals surface area (Å²) in [7, 11) is 0. The Morgan fingerprint density at radius 3 is 2.62 bits per heavy atom. The summed E-state index contributed by atoms with van der Waals surface area (Å²) in [6.45, 7) is 1.75. The quantitative estimate of drug-likeness (QED) is 0.860. The Labute approximate surface area is 145 Å². The van der Waals surface area contributed by atoms with Crippen LogP contribution in [0.1, 0.15) is 35.7 Å². The van der Waals surface area contributed by atoms with Gasteiger partial charge in [0, 0.05) is 23.2 Å². The smallest absolute Gasteiger partial charge is 0.244 e. The molecule has 4 rings (SSSR count). The zero-order valence-corrected chi connectivity index (χ0v) is 14.2. The molecule has 1 aromatic carbocycles. The minimum Gasteiger partial charge on any atom is -0.311 e. The molecule has 0 bridgehead atoms. The van der Waals surface area contributed by atoms with Crippen LogP contribution in [0.5, 0.6) is 0 Å². The fraction of sp³-hybridized carbons (Fsp3) is 0.368. The average molecular weight is 337 g/mol. The molecule has 2 aliphatic rings. The summed E-state index contributed by atoms with van der Waals surface area (Å²) in [4.78, 5) is 18.6. The molecule has 1 aromatic heterocycles. The van der Waals surface area contributed by atoms with Crippen LogP contribution in [0.2, 0.25) is 0 Å². The first-order valence-corrected chi connectivity index (χ1v) is 9.26. The molecule has 2 fully saturated rings. The third kappa shape index (κ3) is 2.62. The van der Waals surface area contributed by atoms with E-state index in [4.69, 9.17) is 5.26 Å². The largest absolute Gasteiger partial charge is 0.311 e. The van der Waals surface area contributed by atoms with Gasteiger partial charge in [-0.2, -0.15) is 5.26 Å². The number of likely N-dealkylation sites (tertiary alicyclic amines) is 1. The number of carbonyl (C=O) groups is 1. The van der Waals surface area contributed by atoms with Crippen LogP contribution in [0, 0.1) is 11.3 Å². The summed E-state index contributed by atoms with van der Waals surface area (Å²) in [5, 5.41) is 11.0. The lowest BCUT2D eigenvalue weighted by Crippen LogP contribution is -2.41. The highest BCUT2D eigenvalue weighted by Gasteiger charge is 2.41. The highest BCUT2D eigenvalue weighted by Crippen LogP contribution is 2.38. The first kappa shape index (κ1) is 15.4. The van der Waals surface area contributed by atoms with E-state index in [-0.39, 0.29) is 11.9 Å². The molecule has 3 heterocycles. The second-order valence-electron chi connectivity index (χ2n) is 6.36. The molecular weight excluding hydrogens is 318 g/mol. The second-order valence-corrected chi connectivity index (χ2v) is 7.34. The Bertz CT molecular complexity index is 763. The molecule has 1 amide bonds. The summed E-state index contributed by atoms with van der Waals surface area (Å²) in [5.74, 6) is 0.197. The standard InChI is InChI=1S/C19H19N3OS/c20-13-14-5-7-15(8-6-14)21-11-9-17(19(21)23)22-10-1-3-16(22)18-4-2-12-24-18/h2,4-8,12,16-17H,1,3,9-11H2/t16-,17+/m0/s1. The summed E-state index contributed by atoms with van der Waals surface area (Å²) in [5.41, 5.74) is 1.52. The number of hydrogen-bond acceptors (Lipinski definition) is 4. The number of rotatable bonds is 3. The maximum absolute atomic E-state index is 13.0. The Kier molecular flexibility index (Phi) is 4.09. The Morgan fingerprint density at radius 1 is 1.08 bits per heavy atom. The van der Waals surface area contributed by atoms with E-state index < -0.39 is 0 Å². The molecule has 5 heteroatoms. The number of amides is 1. The van der Waals surface area contributed by atoms with Gasteiger partial charge in [-0.05, 0) is 61.5 Å². The highest BCUT2D eigenvalue weighted by molar-refractivity contribution is 7.10. The van der Waals surface area contributed by atoms with Crippen LogP contribution in [-0.4, -0.2) is 29.9 Å². The number of hydrogen-bond donors (Lipinski definition) is 0. The summed E-state index contributed by atoms with van der Waals surface area (Å²) in [6, 6.07) is 14.1. The summed E-state index contributed by atoms with van der Waals surface area (Å²) >= 11 is 1.79. The van der Waals surface area contributed by atoms with Gasteiger partial charge in [0.15, 0.2) is 0 Å². The fourth-order valence-electron chi connectivity index (χ4n) is 3.89. The lowest BCUT2D eigenvalue weighted by atomic mass is 10.1. The van der Waals surface area contributed by atoms with Gasteiger partial charge >= 0.3 is 0 Å². The Morgan fingerprint density at radius 2 is 1.92 bits per heavy atom. The van der Waals surface area contributed by atoms with Crippen LogP contribution in [-0.2, 0) is 4.79 Å². The zero-order chi connectivity index (χ0) is 16.5. The molecule has 2 atom stereocenters. The molecule has 2 aromatic rings. The van der Waals surface area contributed by atoms with Crippen molar-refractivity contribution < 1.29 is 4.79 Å². The maximum atomic E-state index is 13.0. The normalized spacial score (nSPS) is 24.5. The summed E-state index contributed by atoms with van der Waals surface area (Å²) < 4.78 is 0. The van der Waals surface area contributed by atoms with Gasteiger partial charge in [-0.25, -0.2) is 0 Å². The van der Waals surface area contributed by atoms with Crippen molar-refractivity contribution in [3.8, 4) is 6.07 Å². The van der Waals surface area contributed by atoms with Gasteiger partial charge in [0.1, 0.15) is 0 Å². The number of nitrogens with zero attached hydrogens (tertiary/aromatic N) is 3. The fourth-order valence-corrected chi connectivity index (χ4v) is 4.78. The predicted molar refractivity (Wildman–Crippen MR) is 94.9 cm³/mol.